The van der Waals surface area contributed by atoms with Gasteiger partial charge in [-0.15, -0.1) is 5.10 Å². The predicted molar refractivity (Wildman–Crippen MR) is 123 cm³/mol. The summed E-state index contributed by atoms with van der Waals surface area (Å²) < 4.78 is 11.7. The predicted octanol–water partition coefficient (Wildman–Crippen LogP) is 1.64. The molecule has 0 saturated heterocycles. The van der Waals surface area contributed by atoms with E-state index in [9.17, 15) is 4.79 Å². The highest BCUT2D eigenvalue weighted by atomic mass is 16.6. The fraction of sp³-hybridized carbons (Fsp3) is 0.182. The lowest BCUT2D eigenvalue weighted by molar-refractivity contribution is 0.0948. The number of benzene rings is 2. The molecule has 2 aromatic carbocycles. The molecule has 0 saturated carbocycles. The minimum absolute atomic E-state index is 0.0334. The van der Waals surface area contributed by atoms with Gasteiger partial charge in [0.05, 0.1) is 11.9 Å². The number of ether oxygens (including phenoxy) is 1. The van der Waals surface area contributed by atoms with Crippen LogP contribution in [0, 0.1) is 0 Å². The van der Waals surface area contributed by atoms with Crippen LogP contribution in [0.3, 0.4) is 0 Å². The average Bonchev–Trinajstić information content (AvgIpc) is 3.44. The van der Waals surface area contributed by atoms with Gasteiger partial charge in [-0.05, 0) is 59.8 Å². The van der Waals surface area contributed by atoms with Gasteiger partial charge < -0.3 is 15.4 Å². The van der Waals surface area contributed by atoms with Crippen molar-refractivity contribution in [2.75, 3.05) is 19.8 Å². The number of nitrogens with zero attached hydrogens (tertiary/aromatic N) is 7. The highest BCUT2D eigenvalue weighted by molar-refractivity contribution is 5.94. The number of hydrazone groups is 1. The standard InChI is InChI=1S/C22H23N9O3/c1-30(2)13-18-19(25-29-31(18)21-20(23)27-34-28-21)22(32)26-24-12-15-8-10-17(11-9-15)33-14-16-6-4-3-5-7-16/h3-12H,13-14H2,1-2H3,(H2,23,27)(H,26,32). The van der Waals surface area contributed by atoms with Crippen molar-refractivity contribution in [1.82, 2.24) is 35.6 Å². The van der Waals surface area contributed by atoms with Crippen molar-refractivity contribution in [2.45, 2.75) is 13.2 Å². The molecule has 0 aliphatic rings. The van der Waals surface area contributed by atoms with E-state index in [1.165, 1.54) is 10.9 Å². The van der Waals surface area contributed by atoms with Crippen LogP contribution in [0.4, 0.5) is 5.82 Å². The molecule has 4 rings (SSSR count). The second-order valence-electron chi connectivity index (χ2n) is 7.55. The summed E-state index contributed by atoms with van der Waals surface area (Å²) in [6, 6.07) is 17.3. The van der Waals surface area contributed by atoms with Gasteiger partial charge in [-0.1, -0.05) is 35.5 Å². The van der Waals surface area contributed by atoms with Gasteiger partial charge in [0.1, 0.15) is 12.4 Å². The maximum atomic E-state index is 12.7. The minimum Gasteiger partial charge on any atom is -0.489 e. The van der Waals surface area contributed by atoms with Crippen molar-refractivity contribution >= 4 is 17.9 Å². The van der Waals surface area contributed by atoms with E-state index in [1.807, 2.05) is 73.6 Å². The number of nitrogen functional groups attached to an aromatic ring is 1. The van der Waals surface area contributed by atoms with Crippen LogP contribution in [0.2, 0.25) is 0 Å². The van der Waals surface area contributed by atoms with Crippen molar-refractivity contribution < 1.29 is 14.2 Å². The van der Waals surface area contributed by atoms with Crippen LogP contribution in [0.25, 0.3) is 5.82 Å². The van der Waals surface area contributed by atoms with Gasteiger partial charge in [-0.2, -0.15) is 9.78 Å². The molecular formula is C22H23N9O3. The second kappa shape index (κ2) is 10.4. The summed E-state index contributed by atoms with van der Waals surface area (Å²) in [4.78, 5) is 14.6. The Hall–Kier alpha value is -4.58. The number of hydrogen-bond donors (Lipinski definition) is 2. The van der Waals surface area contributed by atoms with Crippen LogP contribution in [-0.2, 0) is 13.2 Å². The quantitative estimate of drug-likeness (QED) is 0.280. The van der Waals surface area contributed by atoms with Crippen LogP contribution >= 0.6 is 0 Å². The van der Waals surface area contributed by atoms with E-state index in [1.54, 1.807) is 0 Å². The number of nitrogens with two attached hydrogens (primary N) is 1. The van der Waals surface area contributed by atoms with Gasteiger partial charge in [-0.25, -0.2) is 10.1 Å². The van der Waals surface area contributed by atoms with Gasteiger partial charge in [0.2, 0.25) is 11.6 Å². The molecule has 2 aromatic heterocycles. The third kappa shape index (κ3) is 5.42. The molecule has 2 heterocycles. The summed E-state index contributed by atoms with van der Waals surface area (Å²) >= 11 is 0. The van der Waals surface area contributed by atoms with E-state index in [4.69, 9.17) is 10.5 Å². The molecule has 0 bridgehead atoms. The van der Waals surface area contributed by atoms with Crippen molar-refractivity contribution in [3.63, 3.8) is 0 Å². The summed E-state index contributed by atoms with van der Waals surface area (Å²) in [6.45, 7) is 0.826. The summed E-state index contributed by atoms with van der Waals surface area (Å²) in [5, 5.41) is 19.2. The van der Waals surface area contributed by atoms with Crippen LogP contribution in [0.15, 0.2) is 64.3 Å². The summed E-state index contributed by atoms with van der Waals surface area (Å²) in [6.07, 6.45) is 1.52. The molecule has 0 aliphatic carbocycles. The Balaban J connectivity index is 1.40. The van der Waals surface area contributed by atoms with Crippen LogP contribution in [-0.4, -0.2) is 56.4 Å². The zero-order valence-corrected chi connectivity index (χ0v) is 18.6. The molecule has 12 nitrogen and oxygen atoms in total. The first kappa shape index (κ1) is 22.6. The van der Waals surface area contributed by atoms with E-state index in [0.717, 1.165) is 16.9 Å². The number of hydrogen-bond acceptors (Lipinski definition) is 10. The Morgan fingerprint density at radius 3 is 2.62 bits per heavy atom. The molecule has 0 aliphatic heterocycles. The lowest BCUT2D eigenvalue weighted by atomic mass is 10.2. The van der Waals surface area contributed by atoms with Crippen LogP contribution in [0.1, 0.15) is 27.3 Å². The summed E-state index contributed by atoms with van der Waals surface area (Å²) in [5.74, 6) is 0.390. The van der Waals surface area contributed by atoms with Gasteiger partial charge in [0.15, 0.2) is 5.69 Å². The summed E-state index contributed by atoms with van der Waals surface area (Å²) in [5.41, 5.74) is 10.6. The van der Waals surface area contributed by atoms with E-state index in [2.05, 4.69) is 35.8 Å². The van der Waals surface area contributed by atoms with Gasteiger partial charge in [0.25, 0.3) is 5.91 Å². The average molecular weight is 461 g/mol. The Morgan fingerprint density at radius 2 is 1.94 bits per heavy atom. The Morgan fingerprint density at radius 1 is 1.18 bits per heavy atom. The lowest BCUT2D eigenvalue weighted by Gasteiger charge is -2.11. The van der Waals surface area contributed by atoms with Crippen molar-refractivity contribution in [3.8, 4) is 11.6 Å². The number of amides is 1. The molecule has 0 radical (unpaired) electrons. The third-order valence-electron chi connectivity index (χ3n) is 4.65. The second-order valence-corrected chi connectivity index (χ2v) is 7.55. The zero-order valence-electron chi connectivity index (χ0n) is 18.6. The maximum absolute atomic E-state index is 12.7. The molecular weight excluding hydrogens is 438 g/mol. The fourth-order valence-corrected chi connectivity index (χ4v) is 3.04. The summed E-state index contributed by atoms with van der Waals surface area (Å²) in [7, 11) is 3.68. The highest BCUT2D eigenvalue weighted by Gasteiger charge is 2.24. The Kier molecular flexibility index (Phi) is 6.89. The largest absolute Gasteiger partial charge is 0.489 e. The first-order chi connectivity index (χ1) is 16.5. The number of carbonyl (C=O) groups is 1. The van der Waals surface area contributed by atoms with E-state index in [0.29, 0.717) is 18.8 Å². The van der Waals surface area contributed by atoms with Crippen LogP contribution < -0.4 is 15.9 Å². The molecule has 4 aromatic rings. The van der Waals surface area contributed by atoms with E-state index < -0.39 is 5.91 Å². The lowest BCUT2D eigenvalue weighted by Crippen LogP contribution is -2.23. The van der Waals surface area contributed by atoms with Crippen LogP contribution in [0.5, 0.6) is 5.75 Å². The first-order valence-corrected chi connectivity index (χ1v) is 10.3. The Labute approximate surface area is 195 Å². The Bertz CT molecular complexity index is 1260. The number of carbonyl (C=O) groups excluding carboxylic acids is 1. The molecule has 34 heavy (non-hydrogen) atoms. The van der Waals surface area contributed by atoms with E-state index in [-0.39, 0.29) is 17.3 Å². The van der Waals surface area contributed by atoms with Gasteiger partial charge in [-0.3, -0.25) is 4.79 Å². The minimum atomic E-state index is -0.530. The number of aromatic nitrogens is 5. The maximum Gasteiger partial charge on any atom is 0.293 e. The van der Waals surface area contributed by atoms with E-state index >= 15 is 0 Å². The monoisotopic (exact) mass is 461 g/mol. The molecule has 0 unspecified atom stereocenters. The molecule has 1 amide bonds. The number of nitrogens with one attached hydrogen (secondary N) is 1. The topological polar surface area (TPSA) is 150 Å². The molecule has 0 fully saturated rings. The van der Waals surface area contributed by atoms with Gasteiger partial charge in [0, 0.05) is 6.54 Å². The third-order valence-corrected chi connectivity index (χ3v) is 4.65. The molecule has 174 valence electrons. The number of rotatable bonds is 9. The SMILES string of the molecule is CN(C)Cc1c(C(=O)NN=Cc2ccc(OCc3ccccc3)cc2)nnn1-c1nonc1N. The fourth-order valence-electron chi connectivity index (χ4n) is 3.04. The van der Waals surface area contributed by atoms with Gasteiger partial charge >= 0.3 is 0 Å². The van der Waals surface area contributed by atoms with Crippen molar-refractivity contribution in [1.29, 1.82) is 0 Å². The highest BCUT2D eigenvalue weighted by Crippen LogP contribution is 2.17. The molecule has 3 N–H and O–H groups in total. The smallest absolute Gasteiger partial charge is 0.293 e. The molecule has 0 spiro atoms. The van der Waals surface area contributed by atoms with Crippen molar-refractivity contribution in [2.24, 2.45) is 5.10 Å². The zero-order chi connectivity index (χ0) is 23.9. The molecule has 12 heteroatoms. The number of anilines is 1. The normalized spacial score (nSPS) is 11.3. The molecule has 0 atom stereocenters. The first-order valence-electron chi connectivity index (χ1n) is 10.3. The van der Waals surface area contributed by atoms with Crippen molar-refractivity contribution in [3.05, 3.63) is 77.1 Å².